The molecule has 190 valence electrons. The standard InChI is InChI=1S/C28H33N3O4S/c1-5-26(28(33)29-4)30(19-23-12-10-9-11-22(23)3)27(32)20-31(24-13-7-6-8-14-24)36(34,35)25-17-15-21(2)16-18-25/h6-18,26H,5,19-20H2,1-4H3,(H,29,33)/t26-/m0/s1. The van der Waals surface area contributed by atoms with E-state index in [2.05, 4.69) is 5.32 Å². The van der Waals surface area contributed by atoms with Gasteiger partial charge in [-0.15, -0.1) is 0 Å². The molecule has 0 aromatic heterocycles. The lowest BCUT2D eigenvalue weighted by molar-refractivity contribution is -0.140. The molecule has 0 aliphatic rings. The molecule has 0 bridgehead atoms. The molecule has 0 radical (unpaired) electrons. The molecular weight excluding hydrogens is 474 g/mol. The number of likely N-dealkylation sites (N-methyl/N-ethyl adjacent to an activating group) is 1. The molecule has 0 fully saturated rings. The van der Waals surface area contributed by atoms with Gasteiger partial charge in [0.15, 0.2) is 0 Å². The van der Waals surface area contributed by atoms with Crippen LogP contribution in [0.2, 0.25) is 0 Å². The molecule has 7 nitrogen and oxygen atoms in total. The highest BCUT2D eigenvalue weighted by molar-refractivity contribution is 7.92. The Labute approximate surface area is 213 Å². The lowest BCUT2D eigenvalue weighted by Gasteiger charge is -2.33. The van der Waals surface area contributed by atoms with Gasteiger partial charge in [0, 0.05) is 13.6 Å². The van der Waals surface area contributed by atoms with Crippen LogP contribution in [0.5, 0.6) is 0 Å². The van der Waals surface area contributed by atoms with Crippen molar-refractivity contribution in [1.29, 1.82) is 0 Å². The molecule has 0 aliphatic carbocycles. The van der Waals surface area contributed by atoms with Crippen LogP contribution in [0.1, 0.15) is 30.0 Å². The van der Waals surface area contributed by atoms with E-state index in [1.165, 1.54) is 24.1 Å². The van der Waals surface area contributed by atoms with Gasteiger partial charge in [0.2, 0.25) is 11.8 Å². The van der Waals surface area contributed by atoms with E-state index in [1.54, 1.807) is 42.5 Å². The van der Waals surface area contributed by atoms with Crippen molar-refractivity contribution in [1.82, 2.24) is 10.2 Å². The van der Waals surface area contributed by atoms with Gasteiger partial charge in [0.05, 0.1) is 10.6 Å². The summed E-state index contributed by atoms with van der Waals surface area (Å²) in [6, 6.07) is 21.9. The van der Waals surface area contributed by atoms with Crippen molar-refractivity contribution >= 4 is 27.5 Å². The number of hydrogen-bond acceptors (Lipinski definition) is 4. The molecule has 8 heteroatoms. The number of anilines is 1. The number of hydrogen-bond donors (Lipinski definition) is 1. The molecule has 0 heterocycles. The molecule has 0 spiro atoms. The molecule has 1 atom stereocenters. The number of nitrogens with zero attached hydrogens (tertiary/aromatic N) is 2. The van der Waals surface area contributed by atoms with Crippen molar-refractivity contribution in [2.24, 2.45) is 0 Å². The molecule has 0 saturated heterocycles. The fourth-order valence-corrected chi connectivity index (χ4v) is 5.43. The summed E-state index contributed by atoms with van der Waals surface area (Å²) in [4.78, 5) is 28.1. The summed E-state index contributed by atoms with van der Waals surface area (Å²) in [5.41, 5.74) is 3.17. The highest BCUT2D eigenvalue weighted by atomic mass is 32.2. The van der Waals surface area contributed by atoms with Gasteiger partial charge in [-0.25, -0.2) is 8.42 Å². The van der Waals surface area contributed by atoms with Gasteiger partial charge in [-0.3, -0.25) is 13.9 Å². The van der Waals surface area contributed by atoms with E-state index in [9.17, 15) is 18.0 Å². The molecule has 3 aromatic rings. The van der Waals surface area contributed by atoms with Crippen LogP contribution < -0.4 is 9.62 Å². The third-order valence-electron chi connectivity index (χ3n) is 6.17. The van der Waals surface area contributed by atoms with Gasteiger partial charge < -0.3 is 10.2 Å². The van der Waals surface area contributed by atoms with Crippen molar-refractivity contribution in [3.63, 3.8) is 0 Å². The summed E-state index contributed by atoms with van der Waals surface area (Å²) < 4.78 is 28.6. The first kappa shape index (κ1) is 26.9. The van der Waals surface area contributed by atoms with Crippen molar-refractivity contribution < 1.29 is 18.0 Å². The third kappa shape index (κ3) is 6.12. The van der Waals surface area contributed by atoms with E-state index in [0.29, 0.717) is 12.1 Å². The van der Waals surface area contributed by atoms with Gasteiger partial charge >= 0.3 is 0 Å². The fraction of sp³-hybridized carbons (Fsp3) is 0.286. The molecule has 3 rings (SSSR count). The number of rotatable bonds is 10. The van der Waals surface area contributed by atoms with E-state index in [4.69, 9.17) is 0 Å². The Hall–Kier alpha value is -3.65. The Bertz CT molecular complexity index is 1290. The second kappa shape index (κ2) is 11.9. The fourth-order valence-electron chi connectivity index (χ4n) is 4.02. The third-order valence-corrected chi connectivity index (χ3v) is 7.95. The van der Waals surface area contributed by atoms with Gasteiger partial charge in [-0.1, -0.05) is 67.1 Å². The highest BCUT2D eigenvalue weighted by Gasteiger charge is 2.33. The van der Waals surface area contributed by atoms with Crippen molar-refractivity contribution in [2.45, 2.75) is 44.7 Å². The van der Waals surface area contributed by atoms with Crippen LogP contribution in [0, 0.1) is 13.8 Å². The average Bonchev–Trinajstić information content (AvgIpc) is 2.88. The molecule has 1 N–H and O–H groups in total. The Kier molecular flexibility index (Phi) is 8.88. The molecule has 0 unspecified atom stereocenters. The second-order valence-electron chi connectivity index (χ2n) is 8.65. The monoisotopic (exact) mass is 507 g/mol. The maximum absolute atomic E-state index is 13.8. The zero-order valence-electron chi connectivity index (χ0n) is 21.1. The maximum Gasteiger partial charge on any atom is 0.264 e. The van der Waals surface area contributed by atoms with Crippen LogP contribution in [0.15, 0.2) is 83.8 Å². The number of aryl methyl sites for hydroxylation is 2. The summed E-state index contributed by atoms with van der Waals surface area (Å²) in [5, 5.41) is 2.63. The first-order chi connectivity index (χ1) is 17.2. The number of carbonyl (C=O) groups excluding carboxylic acids is 2. The van der Waals surface area contributed by atoms with Gasteiger partial charge in [0.1, 0.15) is 12.6 Å². The summed E-state index contributed by atoms with van der Waals surface area (Å²) in [7, 11) is -2.53. The predicted octanol–water partition coefficient (Wildman–Crippen LogP) is 4.05. The van der Waals surface area contributed by atoms with Crippen molar-refractivity contribution in [3.05, 3.63) is 95.6 Å². The number of amides is 2. The maximum atomic E-state index is 13.8. The molecule has 2 amide bonds. The van der Waals surface area contributed by atoms with Crippen LogP contribution in [-0.4, -0.2) is 44.8 Å². The lowest BCUT2D eigenvalue weighted by Crippen LogP contribution is -2.51. The van der Waals surface area contributed by atoms with Gasteiger partial charge in [0.25, 0.3) is 10.0 Å². The van der Waals surface area contributed by atoms with E-state index in [0.717, 1.165) is 21.0 Å². The molecule has 36 heavy (non-hydrogen) atoms. The number of carbonyl (C=O) groups is 2. The van der Waals surface area contributed by atoms with Crippen LogP contribution in [-0.2, 0) is 26.2 Å². The van der Waals surface area contributed by atoms with E-state index < -0.39 is 28.5 Å². The second-order valence-corrected chi connectivity index (χ2v) is 10.5. The zero-order valence-corrected chi connectivity index (χ0v) is 22.0. The van der Waals surface area contributed by atoms with Crippen LogP contribution in [0.25, 0.3) is 0 Å². The lowest BCUT2D eigenvalue weighted by atomic mass is 10.1. The zero-order chi connectivity index (χ0) is 26.3. The Balaban J connectivity index is 2.04. The Morgan fingerprint density at radius 2 is 1.50 bits per heavy atom. The topological polar surface area (TPSA) is 86.8 Å². The summed E-state index contributed by atoms with van der Waals surface area (Å²) in [6.45, 7) is 5.39. The molecule has 3 aromatic carbocycles. The van der Waals surface area contributed by atoms with Crippen molar-refractivity contribution in [3.8, 4) is 0 Å². The SMILES string of the molecule is CC[C@@H](C(=O)NC)N(Cc1ccccc1C)C(=O)CN(c1ccccc1)S(=O)(=O)c1ccc(C)cc1. The quantitative estimate of drug-likeness (QED) is 0.449. The number of sulfonamides is 1. The van der Waals surface area contributed by atoms with Crippen LogP contribution >= 0.6 is 0 Å². The van der Waals surface area contributed by atoms with Crippen molar-refractivity contribution in [2.75, 3.05) is 17.9 Å². The van der Waals surface area contributed by atoms with E-state index in [-0.39, 0.29) is 17.3 Å². The Morgan fingerprint density at radius 1 is 0.889 bits per heavy atom. The first-order valence-electron chi connectivity index (χ1n) is 11.9. The Morgan fingerprint density at radius 3 is 2.08 bits per heavy atom. The molecule has 0 saturated carbocycles. The first-order valence-corrected chi connectivity index (χ1v) is 13.3. The largest absolute Gasteiger partial charge is 0.357 e. The summed E-state index contributed by atoms with van der Waals surface area (Å²) in [6.07, 6.45) is 0.382. The van der Waals surface area contributed by atoms with Crippen LogP contribution in [0.4, 0.5) is 5.69 Å². The van der Waals surface area contributed by atoms with E-state index in [1.807, 2.05) is 45.0 Å². The van der Waals surface area contributed by atoms with E-state index >= 15 is 0 Å². The predicted molar refractivity (Wildman–Crippen MR) is 142 cm³/mol. The number of nitrogens with one attached hydrogen (secondary N) is 1. The average molecular weight is 508 g/mol. The minimum atomic E-state index is -4.05. The molecule has 0 aliphatic heterocycles. The molecular formula is C28H33N3O4S. The van der Waals surface area contributed by atoms with Gasteiger partial charge in [-0.05, 0) is 55.7 Å². The number of para-hydroxylation sites is 1. The smallest absolute Gasteiger partial charge is 0.264 e. The van der Waals surface area contributed by atoms with Crippen LogP contribution in [0.3, 0.4) is 0 Å². The minimum Gasteiger partial charge on any atom is -0.357 e. The summed E-state index contributed by atoms with van der Waals surface area (Å²) >= 11 is 0. The minimum absolute atomic E-state index is 0.0912. The number of benzene rings is 3. The van der Waals surface area contributed by atoms with Gasteiger partial charge in [-0.2, -0.15) is 0 Å². The highest BCUT2D eigenvalue weighted by Crippen LogP contribution is 2.25. The summed E-state index contributed by atoms with van der Waals surface area (Å²) in [5.74, 6) is -0.764. The normalized spacial score (nSPS) is 12.0.